The van der Waals surface area contributed by atoms with Crippen molar-refractivity contribution in [1.29, 1.82) is 0 Å². The first-order valence-corrected chi connectivity index (χ1v) is 11.6. The fourth-order valence-electron chi connectivity index (χ4n) is 4.14. The van der Waals surface area contributed by atoms with E-state index in [1.807, 2.05) is 24.3 Å². The molecule has 1 fully saturated rings. The average molecular weight is 405 g/mol. The van der Waals surface area contributed by atoms with Gasteiger partial charge in [0.25, 0.3) is 0 Å². The zero-order valence-electron chi connectivity index (χ0n) is 18.6. The van der Waals surface area contributed by atoms with Crippen LogP contribution in [0, 0.1) is 0 Å². The highest BCUT2D eigenvalue weighted by Crippen LogP contribution is 2.27. The number of amides is 1. The van der Waals surface area contributed by atoms with Crippen LogP contribution in [0.2, 0.25) is 0 Å². The third kappa shape index (κ3) is 8.25. The molecule has 1 aromatic rings. The molecule has 0 radical (unpaired) electrons. The van der Waals surface area contributed by atoms with Crippen molar-refractivity contribution in [3.63, 3.8) is 0 Å². The fourth-order valence-corrected chi connectivity index (χ4v) is 4.14. The van der Waals surface area contributed by atoms with E-state index in [0.717, 1.165) is 57.4 Å². The highest BCUT2D eigenvalue weighted by Gasteiger charge is 2.32. The molecule has 1 N–H and O–H groups in total. The van der Waals surface area contributed by atoms with Gasteiger partial charge in [0, 0.05) is 17.8 Å². The maximum atomic E-state index is 12.6. The van der Waals surface area contributed by atoms with Gasteiger partial charge in [-0.2, -0.15) is 0 Å². The van der Waals surface area contributed by atoms with Crippen molar-refractivity contribution in [2.24, 2.45) is 0 Å². The summed E-state index contributed by atoms with van der Waals surface area (Å²) < 4.78 is 11.7. The predicted octanol–water partition coefficient (Wildman–Crippen LogP) is 6.24. The molecule has 0 bridgehead atoms. The molecule has 5 nitrogen and oxygen atoms in total. The molecule has 164 valence electrons. The molecule has 1 saturated carbocycles. The zero-order valence-corrected chi connectivity index (χ0v) is 18.6. The van der Waals surface area contributed by atoms with Gasteiger partial charge in [-0.05, 0) is 63.7 Å². The largest absolute Gasteiger partial charge is 0.494 e. The highest BCUT2D eigenvalue weighted by molar-refractivity contribution is 5.85. The van der Waals surface area contributed by atoms with E-state index in [4.69, 9.17) is 9.47 Å². The Morgan fingerprint density at radius 1 is 1.07 bits per heavy atom. The summed E-state index contributed by atoms with van der Waals surface area (Å²) in [7, 11) is 0. The van der Waals surface area contributed by atoms with Gasteiger partial charge in [-0.3, -0.25) is 10.2 Å². The normalized spacial score (nSPS) is 19.2. The number of hydrogen-bond acceptors (Lipinski definition) is 4. The van der Waals surface area contributed by atoms with Crippen LogP contribution in [0.25, 0.3) is 0 Å². The fraction of sp³-hybridized carbons (Fsp3) is 0.708. The zero-order chi connectivity index (χ0) is 20.9. The molecule has 0 aliphatic heterocycles. The molecule has 2 rings (SSSR count). The summed E-state index contributed by atoms with van der Waals surface area (Å²) in [5.41, 5.74) is 0.717. The number of unbranched alkanes of at least 4 members (excludes halogenated alkanes) is 2. The van der Waals surface area contributed by atoms with Gasteiger partial charge < -0.3 is 9.47 Å². The Hall–Kier alpha value is -1.75. The van der Waals surface area contributed by atoms with Crippen molar-refractivity contribution in [2.45, 2.75) is 90.7 Å². The van der Waals surface area contributed by atoms with Crippen molar-refractivity contribution in [2.75, 3.05) is 25.0 Å². The second kappa shape index (κ2) is 13.5. The lowest BCUT2D eigenvalue weighted by Gasteiger charge is -2.39. The van der Waals surface area contributed by atoms with Crippen molar-refractivity contribution in [3.8, 4) is 5.75 Å². The monoisotopic (exact) mass is 404 g/mol. The van der Waals surface area contributed by atoms with Crippen LogP contribution in [0.5, 0.6) is 5.75 Å². The van der Waals surface area contributed by atoms with Gasteiger partial charge in [0.15, 0.2) is 0 Å². The van der Waals surface area contributed by atoms with Crippen molar-refractivity contribution < 1.29 is 14.3 Å². The Bertz CT molecular complexity index is 587. The summed E-state index contributed by atoms with van der Waals surface area (Å²) in [6, 6.07) is 7.90. The number of benzene rings is 1. The quantitative estimate of drug-likeness (QED) is 0.419. The van der Waals surface area contributed by atoms with Gasteiger partial charge >= 0.3 is 6.09 Å². The number of rotatable bonds is 12. The minimum absolute atomic E-state index is 0.0321. The molecule has 0 saturated heterocycles. The van der Waals surface area contributed by atoms with E-state index in [2.05, 4.69) is 31.0 Å². The SMILES string of the molecule is CCCCCOc1cccc(NC(=O)OC2CCCCC2N(CCC)CCC)c1. The van der Waals surface area contributed by atoms with Gasteiger partial charge in [-0.25, -0.2) is 4.79 Å². The van der Waals surface area contributed by atoms with Crippen LogP contribution in [0.1, 0.15) is 78.6 Å². The number of carbonyl (C=O) groups is 1. The molecule has 1 aliphatic carbocycles. The van der Waals surface area contributed by atoms with E-state index in [9.17, 15) is 4.79 Å². The summed E-state index contributed by atoms with van der Waals surface area (Å²) in [5.74, 6) is 0.784. The number of anilines is 1. The molecule has 0 heterocycles. The smallest absolute Gasteiger partial charge is 0.411 e. The molecule has 5 heteroatoms. The van der Waals surface area contributed by atoms with E-state index in [1.54, 1.807) is 0 Å². The summed E-state index contributed by atoms with van der Waals surface area (Å²) in [4.78, 5) is 15.1. The lowest BCUT2D eigenvalue weighted by Crippen LogP contribution is -2.48. The minimum atomic E-state index is -0.363. The molecule has 0 spiro atoms. The van der Waals surface area contributed by atoms with E-state index in [1.165, 1.54) is 19.3 Å². The van der Waals surface area contributed by atoms with Crippen molar-refractivity contribution in [3.05, 3.63) is 24.3 Å². The molecule has 29 heavy (non-hydrogen) atoms. The predicted molar refractivity (Wildman–Crippen MR) is 120 cm³/mol. The third-order valence-electron chi connectivity index (χ3n) is 5.51. The van der Waals surface area contributed by atoms with Crippen LogP contribution in [-0.2, 0) is 4.74 Å². The van der Waals surface area contributed by atoms with Crippen LogP contribution in [0.3, 0.4) is 0 Å². The molecule has 1 aromatic carbocycles. The standard InChI is InChI=1S/C24H40N2O3/c1-4-7-10-18-28-21-13-11-12-20(19-21)25-24(27)29-23-15-9-8-14-22(23)26(16-5-2)17-6-3/h11-13,19,22-23H,4-10,14-18H2,1-3H3,(H,25,27). The van der Waals surface area contributed by atoms with Gasteiger partial charge in [-0.1, -0.05) is 46.1 Å². The van der Waals surface area contributed by atoms with Crippen LogP contribution >= 0.6 is 0 Å². The molecule has 0 aromatic heterocycles. The van der Waals surface area contributed by atoms with Crippen molar-refractivity contribution >= 4 is 11.8 Å². The van der Waals surface area contributed by atoms with E-state index in [-0.39, 0.29) is 12.2 Å². The average Bonchev–Trinajstić information content (AvgIpc) is 2.72. The topological polar surface area (TPSA) is 50.8 Å². The lowest BCUT2D eigenvalue weighted by molar-refractivity contribution is 0.00852. The van der Waals surface area contributed by atoms with Crippen LogP contribution in [0.4, 0.5) is 10.5 Å². The molecular formula is C24H40N2O3. The third-order valence-corrected chi connectivity index (χ3v) is 5.51. The Morgan fingerprint density at radius 2 is 1.83 bits per heavy atom. The summed E-state index contributed by atoms with van der Waals surface area (Å²) in [5, 5.41) is 2.90. The number of carbonyl (C=O) groups excluding carboxylic acids is 1. The summed E-state index contributed by atoms with van der Waals surface area (Å²) in [6.45, 7) is 9.44. The lowest BCUT2D eigenvalue weighted by atomic mass is 9.91. The minimum Gasteiger partial charge on any atom is -0.494 e. The van der Waals surface area contributed by atoms with Gasteiger partial charge in [-0.15, -0.1) is 0 Å². The van der Waals surface area contributed by atoms with E-state index >= 15 is 0 Å². The Labute approximate surface area is 177 Å². The second-order valence-electron chi connectivity index (χ2n) is 8.04. The van der Waals surface area contributed by atoms with E-state index < -0.39 is 0 Å². The maximum Gasteiger partial charge on any atom is 0.411 e. The van der Waals surface area contributed by atoms with E-state index in [0.29, 0.717) is 18.3 Å². The summed E-state index contributed by atoms with van der Waals surface area (Å²) in [6.07, 6.45) is 9.64. The number of nitrogens with one attached hydrogen (secondary N) is 1. The first-order valence-electron chi connectivity index (χ1n) is 11.6. The highest BCUT2D eigenvalue weighted by atomic mass is 16.6. The number of nitrogens with zero attached hydrogens (tertiary/aromatic N) is 1. The Morgan fingerprint density at radius 3 is 2.55 bits per heavy atom. The van der Waals surface area contributed by atoms with Crippen LogP contribution < -0.4 is 10.1 Å². The first-order chi connectivity index (χ1) is 14.2. The summed E-state index contributed by atoms with van der Waals surface area (Å²) >= 11 is 0. The molecule has 2 unspecified atom stereocenters. The van der Waals surface area contributed by atoms with Gasteiger partial charge in [0.1, 0.15) is 11.9 Å². The Kier molecular flexibility index (Phi) is 10.9. The van der Waals surface area contributed by atoms with Gasteiger partial charge in [0.05, 0.1) is 6.61 Å². The second-order valence-corrected chi connectivity index (χ2v) is 8.04. The first kappa shape index (κ1) is 23.5. The molecule has 2 atom stereocenters. The Balaban J connectivity index is 1.91. The van der Waals surface area contributed by atoms with Crippen molar-refractivity contribution in [1.82, 2.24) is 4.90 Å². The molecule has 1 aliphatic rings. The molecule has 1 amide bonds. The molecular weight excluding hydrogens is 364 g/mol. The van der Waals surface area contributed by atoms with Gasteiger partial charge in [0.2, 0.25) is 0 Å². The number of hydrogen-bond donors (Lipinski definition) is 1. The number of ether oxygens (including phenoxy) is 2. The van der Waals surface area contributed by atoms with Crippen LogP contribution in [0.15, 0.2) is 24.3 Å². The van der Waals surface area contributed by atoms with Crippen LogP contribution in [-0.4, -0.2) is 42.8 Å². The maximum absolute atomic E-state index is 12.6.